The van der Waals surface area contributed by atoms with Crippen molar-refractivity contribution in [3.63, 3.8) is 0 Å². The Bertz CT molecular complexity index is 681. The number of hydrogen-bond donors (Lipinski definition) is 1. The lowest BCUT2D eigenvalue weighted by molar-refractivity contribution is 0.0904. The van der Waals surface area contributed by atoms with Crippen molar-refractivity contribution in [2.24, 2.45) is 0 Å². The second-order valence-corrected chi connectivity index (χ2v) is 6.29. The molecule has 3 heterocycles. The summed E-state index contributed by atoms with van der Waals surface area (Å²) in [6, 6.07) is 3.98. The Kier molecular flexibility index (Phi) is 4.52. The number of piperidine rings is 1. The Hall–Kier alpha value is -2.08. The van der Waals surface area contributed by atoms with Gasteiger partial charge >= 0.3 is 0 Å². The molecule has 2 aromatic heterocycles. The number of aryl methyl sites for hydroxylation is 3. The van der Waals surface area contributed by atoms with Crippen molar-refractivity contribution in [3.05, 3.63) is 40.7 Å². The van der Waals surface area contributed by atoms with Crippen LogP contribution in [0.1, 0.15) is 46.2 Å². The van der Waals surface area contributed by atoms with Crippen LogP contribution in [0, 0.1) is 20.8 Å². The van der Waals surface area contributed by atoms with Gasteiger partial charge in [0.2, 0.25) is 0 Å². The minimum absolute atomic E-state index is 0.0383. The number of carbonyl (C=O) groups excluding carboxylic acids is 1. The summed E-state index contributed by atoms with van der Waals surface area (Å²) in [7, 11) is 0. The SMILES string of the molecule is Cc1cc(CN2CCC(NC(=O)c3cc(C)oc3C)CC2)on1. The number of nitrogens with one attached hydrogen (secondary N) is 1. The smallest absolute Gasteiger partial charge is 0.255 e. The van der Waals surface area contributed by atoms with Crippen LogP contribution in [-0.2, 0) is 6.54 Å². The molecule has 1 saturated heterocycles. The number of rotatable bonds is 4. The van der Waals surface area contributed by atoms with E-state index in [-0.39, 0.29) is 11.9 Å². The zero-order valence-corrected chi connectivity index (χ0v) is 13.9. The highest BCUT2D eigenvalue weighted by Gasteiger charge is 2.23. The van der Waals surface area contributed by atoms with Crippen LogP contribution in [0.3, 0.4) is 0 Å². The zero-order valence-electron chi connectivity index (χ0n) is 13.9. The van der Waals surface area contributed by atoms with Crippen molar-refractivity contribution in [1.29, 1.82) is 0 Å². The maximum atomic E-state index is 12.3. The van der Waals surface area contributed by atoms with E-state index < -0.39 is 0 Å². The van der Waals surface area contributed by atoms with Crippen molar-refractivity contribution in [3.8, 4) is 0 Å². The number of hydrogen-bond acceptors (Lipinski definition) is 5. The molecule has 1 aliphatic rings. The van der Waals surface area contributed by atoms with Gasteiger partial charge in [-0.05, 0) is 39.7 Å². The maximum Gasteiger partial charge on any atom is 0.255 e. The van der Waals surface area contributed by atoms with Gasteiger partial charge in [0.25, 0.3) is 5.91 Å². The number of carbonyl (C=O) groups is 1. The number of nitrogens with zero attached hydrogens (tertiary/aromatic N) is 2. The van der Waals surface area contributed by atoms with Gasteiger partial charge in [-0.2, -0.15) is 0 Å². The van der Waals surface area contributed by atoms with Gasteiger partial charge in [0.05, 0.1) is 17.8 Å². The average Bonchev–Trinajstić information content (AvgIpc) is 3.06. The van der Waals surface area contributed by atoms with E-state index in [9.17, 15) is 4.79 Å². The molecule has 0 saturated carbocycles. The molecule has 1 amide bonds. The first-order valence-corrected chi connectivity index (χ1v) is 8.03. The van der Waals surface area contributed by atoms with E-state index in [1.165, 1.54) is 0 Å². The lowest BCUT2D eigenvalue weighted by Crippen LogP contribution is -2.44. The summed E-state index contributed by atoms with van der Waals surface area (Å²) in [5, 5.41) is 7.03. The maximum absolute atomic E-state index is 12.3. The molecule has 0 bridgehead atoms. The van der Waals surface area contributed by atoms with E-state index in [0.717, 1.165) is 49.7 Å². The Morgan fingerprint density at radius 3 is 2.61 bits per heavy atom. The fourth-order valence-corrected chi connectivity index (χ4v) is 3.07. The number of aromatic nitrogens is 1. The fourth-order valence-electron chi connectivity index (χ4n) is 3.07. The van der Waals surface area contributed by atoms with E-state index >= 15 is 0 Å². The first-order chi connectivity index (χ1) is 11.0. The molecule has 0 aliphatic carbocycles. The summed E-state index contributed by atoms with van der Waals surface area (Å²) in [5.74, 6) is 2.31. The molecule has 3 rings (SSSR count). The second-order valence-electron chi connectivity index (χ2n) is 6.29. The first-order valence-electron chi connectivity index (χ1n) is 8.03. The molecule has 0 unspecified atom stereocenters. The molecule has 124 valence electrons. The lowest BCUT2D eigenvalue weighted by Gasteiger charge is -2.31. The molecule has 6 heteroatoms. The minimum Gasteiger partial charge on any atom is -0.466 e. The van der Waals surface area contributed by atoms with E-state index in [2.05, 4.69) is 15.4 Å². The van der Waals surface area contributed by atoms with E-state index in [4.69, 9.17) is 8.94 Å². The highest BCUT2D eigenvalue weighted by molar-refractivity contribution is 5.95. The molecular formula is C17H23N3O3. The van der Waals surface area contributed by atoms with Gasteiger partial charge in [0, 0.05) is 25.2 Å². The second kappa shape index (κ2) is 6.58. The number of likely N-dealkylation sites (tertiary alicyclic amines) is 1. The molecule has 1 fully saturated rings. The monoisotopic (exact) mass is 317 g/mol. The van der Waals surface area contributed by atoms with Crippen LogP contribution in [-0.4, -0.2) is 35.1 Å². The predicted octanol–water partition coefficient (Wildman–Crippen LogP) is 2.59. The fraction of sp³-hybridized carbons (Fsp3) is 0.529. The van der Waals surface area contributed by atoms with Crippen molar-refractivity contribution in [1.82, 2.24) is 15.4 Å². The molecular weight excluding hydrogens is 294 g/mol. The Labute approximate surface area is 135 Å². The number of furan rings is 1. The third-order valence-corrected chi connectivity index (χ3v) is 4.26. The van der Waals surface area contributed by atoms with Gasteiger partial charge in [-0.15, -0.1) is 0 Å². The normalized spacial score (nSPS) is 16.7. The molecule has 1 aliphatic heterocycles. The molecule has 2 aromatic rings. The number of amides is 1. The molecule has 23 heavy (non-hydrogen) atoms. The van der Waals surface area contributed by atoms with Crippen LogP contribution in [0.2, 0.25) is 0 Å². The molecule has 6 nitrogen and oxygen atoms in total. The van der Waals surface area contributed by atoms with Crippen LogP contribution in [0.25, 0.3) is 0 Å². The summed E-state index contributed by atoms with van der Waals surface area (Å²) >= 11 is 0. The Morgan fingerprint density at radius 2 is 2.04 bits per heavy atom. The summed E-state index contributed by atoms with van der Waals surface area (Å²) < 4.78 is 10.7. The van der Waals surface area contributed by atoms with Gasteiger partial charge in [-0.25, -0.2) is 0 Å². The third-order valence-electron chi connectivity index (χ3n) is 4.26. The zero-order chi connectivity index (χ0) is 16.4. The predicted molar refractivity (Wildman–Crippen MR) is 85.2 cm³/mol. The van der Waals surface area contributed by atoms with Crippen molar-refractivity contribution in [2.45, 2.75) is 46.2 Å². The third kappa shape index (κ3) is 3.82. The summed E-state index contributed by atoms with van der Waals surface area (Å²) in [4.78, 5) is 14.6. The van der Waals surface area contributed by atoms with Crippen LogP contribution in [0.4, 0.5) is 0 Å². The average molecular weight is 317 g/mol. The largest absolute Gasteiger partial charge is 0.466 e. The molecule has 0 spiro atoms. The Morgan fingerprint density at radius 1 is 1.30 bits per heavy atom. The molecule has 0 atom stereocenters. The molecule has 0 radical (unpaired) electrons. The van der Waals surface area contributed by atoms with Gasteiger partial charge < -0.3 is 14.3 Å². The van der Waals surface area contributed by atoms with Gasteiger partial charge in [0.15, 0.2) is 5.76 Å². The van der Waals surface area contributed by atoms with E-state index in [1.54, 1.807) is 6.07 Å². The first kappa shape index (κ1) is 15.8. The quantitative estimate of drug-likeness (QED) is 0.938. The highest BCUT2D eigenvalue weighted by atomic mass is 16.5. The summed E-state index contributed by atoms with van der Waals surface area (Å²) in [5.41, 5.74) is 1.55. The summed E-state index contributed by atoms with van der Waals surface area (Å²) in [6.45, 7) is 8.26. The lowest BCUT2D eigenvalue weighted by atomic mass is 10.0. The van der Waals surface area contributed by atoms with Crippen LogP contribution in [0.5, 0.6) is 0 Å². The van der Waals surface area contributed by atoms with Crippen LogP contribution >= 0.6 is 0 Å². The van der Waals surface area contributed by atoms with Crippen LogP contribution < -0.4 is 5.32 Å². The summed E-state index contributed by atoms with van der Waals surface area (Å²) in [6.07, 6.45) is 1.88. The topological polar surface area (TPSA) is 71.5 Å². The molecule has 1 N–H and O–H groups in total. The van der Waals surface area contributed by atoms with Crippen molar-refractivity contribution in [2.75, 3.05) is 13.1 Å². The van der Waals surface area contributed by atoms with Gasteiger partial charge in [-0.1, -0.05) is 5.16 Å². The van der Waals surface area contributed by atoms with Crippen molar-refractivity contribution < 1.29 is 13.7 Å². The van der Waals surface area contributed by atoms with Gasteiger partial charge in [0.1, 0.15) is 11.5 Å². The molecule has 0 aromatic carbocycles. The van der Waals surface area contributed by atoms with Crippen LogP contribution in [0.15, 0.2) is 21.1 Å². The standard InChI is InChI=1S/C17H23N3O3/c1-11-8-15(23-19-11)10-20-6-4-14(5-7-20)18-17(21)16-9-12(2)22-13(16)3/h8-9,14H,4-7,10H2,1-3H3,(H,18,21). The Balaban J connectivity index is 1.49. The highest BCUT2D eigenvalue weighted by Crippen LogP contribution is 2.17. The van der Waals surface area contributed by atoms with Gasteiger partial charge in [-0.3, -0.25) is 9.69 Å². The van der Waals surface area contributed by atoms with E-state index in [1.807, 2.05) is 26.8 Å². The van der Waals surface area contributed by atoms with E-state index in [0.29, 0.717) is 11.3 Å². The van der Waals surface area contributed by atoms with Crippen molar-refractivity contribution >= 4 is 5.91 Å². The minimum atomic E-state index is -0.0383.